The van der Waals surface area contributed by atoms with E-state index in [2.05, 4.69) is 10.2 Å². The predicted molar refractivity (Wildman–Crippen MR) is 67.5 cm³/mol. The number of aliphatic hydroxyl groups excluding tert-OH is 1. The average Bonchev–Trinajstić information content (AvgIpc) is 2.83. The van der Waals surface area contributed by atoms with E-state index in [1.807, 2.05) is 48.5 Å². The number of aliphatic hydroxyl groups is 1. The minimum absolute atomic E-state index is 0.0710. The molecule has 2 N–H and O–H groups in total. The first kappa shape index (κ1) is 10.1. The van der Waals surface area contributed by atoms with Crippen molar-refractivity contribution in [3.8, 4) is 11.3 Å². The highest BCUT2D eigenvalue weighted by atomic mass is 16.3. The van der Waals surface area contributed by atoms with E-state index in [4.69, 9.17) is 5.11 Å². The number of nitrogens with one attached hydrogen (secondary N) is 1. The summed E-state index contributed by atoms with van der Waals surface area (Å²) in [7, 11) is 0. The van der Waals surface area contributed by atoms with Gasteiger partial charge in [0.2, 0.25) is 0 Å². The molecule has 3 rings (SSSR count). The molecule has 0 bridgehead atoms. The van der Waals surface area contributed by atoms with E-state index in [1.54, 1.807) is 0 Å². The summed E-state index contributed by atoms with van der Waals surface area (Å²) in [5.41, 5.74) is 3.95. The second-order valence-corrected chi connectivity index (χ2v) is 3.97. The van der Waals surface area contributed by atoms with Crippen LogP contribution in [0.5, 0.6) is 0 Å². The van der Waals surface area contributed by atoms with Gasteiger partial charge < -0.3 is 5.11 Å². The van der Waals surface area contributed by atoms with Gasteiger partial charge in [-0.2, -0.15) is 5.10 Å². The van der Waals surface area contributed by atoms with Gasteiger partial charge in [-0.15, -0.1) is 0 Å². The van der Waals surface area contributed by atoms with Crippen LogP contribution in [0, 0.1) is 0 Å². The Morgan fingerprint density at radius 2 is 1.76 bits per heavy atom. The first-order chi connectivity index (χ1) is 8.38. The van der Waals surface area contributed by atoms with Crippen molar-refractivity contribution in [2.75, 3.05) is 0 Å². The molecule has 0 unspecified atom stereocenters. The summed E-state index contributed by atoms with van der Waals surface area (Å²) in [6.45, 7) is 0.0710. The fourth-order valence-corrected chi connectivity index (χ4v) is 1.95. The maximum absolute atomic E-state index is 9.01. The molecular formula is C14H12N2O. The van der Waals surface area contributed by atoms with Gasteiger partial charge in [0.05, 0.1) is 17.8 Å². The Kier molecular flexibility index (Phi) is 2.38. The molecule has 0 aliphatic heterocycles. The van der Waals surface area contributed by atoms with Crippen molar-refractivity contribution >= 4 is 10.9 Å². The topological polar surface area (TPSA) is 48.9 Å². The maximum atomic E-state index is 9.01. The molecule has 84 valence electrons. The molecule has 0 atom stereocenters. The number of aromatic nitrogens is 2. The zero-order chi connectivity index (χ0) is 11.7. The molecular weight excluding hydrogens is 212 g/mol. The normalized spacial score (nSPS) is 10.9. The molecule has 2 aromatic carbocycles. The lowest BCUT2D eigenvalue weighted by Gasteiger charge is -1.99. The van der Waals surface area contributed by atoms with E-state index < -0.39 is 0 Å². The van der Waals surface area contributed by atoms with Gasteiger partial charge in [-0.1, -0.05) is 42.5 Å². The molecule has 0 radical (unpaired) electrons. The molecule has 3 aromatic rings. The summed E-state index contributed by atoms with van der Waals surface area (Å²) in [5.74, 6) is 0. The molecule has 0 aliphatic carbocycles. The van der Waals surface area contributed by atoms with Crippen molar-refractivity contribution in [2.24, 2.45) is 0 Å². The predicted octanol–water partition coefficient (Wildman–Crippen LogP) is 2.72. The molecule has 1 heterocycles. The fourth-order valence-electron chi connectivity index (χ4n) is 1.95. The van der Waals surface area contributed by atoms with Crippen LogP contribution >= 0.6 is 0 Å². The Morgan fingerprint density at radius 1 is 1.00 bits per heavy atom. The number of para-hydroxylation sites is 1. The van der Waals surface area contributed by atoms with Crippen molar-refractivity contribution < 1.29 is 5.11 Å². The quantitative estimate of drug-likeness (QED) is 0.703. The molecule has 0 saturated carbocycles. The molecule has 0 saturated heterocycles. The van der Waals surface area contributed by atoms with Crippen LogP contribution in [0.3, 0.4) is 0 Å². The molecule has 17 heavy (non-hydrogen) atoms. The Balaban J connectivity index is 2.13. The number of hydrogen-bond donors (Lipinski definition) is 2. The fraction of sp³-hybridized carbons (Fsp3) is 0.0714. The van der Waals surface area contributed by atoms with Crippen LogP contribution in [0.4, 0.5) is 0 Å². The van der Waals surface area contributed by atoms with E-state index in [0.29, 0.717) is 0 Å². The highest BCUT2D eigenvalue weighted by Gasteiger charge is 2.06. The third-order valence-electron chi connectivity index (χ3n) is 2.88. The number of fused-ring (bicyclic) bond motifs is 1. The number of aromatic amines is 1. The van der Waals surface area contributed by atoms with Crippen molar-refractivity contribution in [3.05, 3.63) is 54.1 Å². The summed E-state index contributed by atoms with van der Waals surface area (Å²) in [4.78, 5) is 0. The molecule has 0 fully saturated rings. The average molecular weight is 224 g/mol. The van der Waals surface area contributed by atoms with Crippen molar-refractivity contribution in [3.63, 3.8) is 0 Å². The largest absolute Gasteiger partial charge is 0.392 e. The Labute approximate surface area is 98.7 Å². The highest BCUT2D eigenvalue weighted by molar-refractivity contribution is 5.92. The molecule has 3 heteroatoms. The van der Waals surface area contributed by atoms with Crippen LogP contribution < -0.4 is 0 Å². The summed E-state index contributed by atoms with van der Waals surface area (Å²) in [6.07, 6.45) is 0. The van der Waals surface area contributed by atoms with Gasteiger partial charge in [-0.3, -0.25) is 5.10 Å². The Morgan fingerprint density at radius 3 is 2.53 bits per heavy atom. The van der Waals surface area contributed by atoms with E-state index in [1.165, 1.54) is 0 Å². The smallest absolute Gasteiger partial charge is 0.0999 e. The summed E-state index contributed by atoms with van der Waals surface area (Å²) < 4.78 is 0. The SMILES string of the molecule is OCc1ccc(-c2n[nH]c3ccccc23)cc1. The first-order valence-corrected chi connectivity index (χ1v) is 5.52. The lowest BCUT2D eigenvalue weighted by Crippen LogP contribution is -1.83. The summed E-state index contributed by atoms with van der Waals surface area (Å²) >= 11 is 0. The van der Waals surface area contributed by atoms with E-state index >= 15 is 0 Å². The van der Waals surface area contributed by atoms with Crippen molar-refractivity contribution in [2.45, 2.75) is 6.61 Å². The summed E-state index contributed by atoms with van der Waals surface area (Å²) in [5, 5.41) is 17.5. The van der Waals surface area contributed by atoms with Gasteiger partial charge in [0.25, 0.3) is 0 Å². The van der Waals surface area contributed by atoms with Gasteiger partial charge in [0.1, 0.15) is 0 Å². The van der Waals surface area contributed by atoms with Crippen LogP contribution in [-0.4, -0.2) is 15.3 Å². The lowest BCUT2D eigenvalue weighted by atomic mass is 10.1. The number of hydrogen-bond acceptors (Lipinski definition) is 2. The van der Waals surface area contributed by atoms with Gasteiger partial charge >= 0.3 is 0 Å². The minimum atomic E-state index is 0.0710. The molecule has 1 aromatic heterocycles. The molecule has 3 nitrogen and oxygen atoms in total. The minimum Gasteiger partial charge on any atom is -0.392 e. The second kappa shape index (κ2) is 4.03. The zero-order valence-electron chi connectivity index (χ0n) is 9.22. The maximum Gasteiger partial charge on any atom is 0.0999 e. The Bertz CT molecular complexity index is 641. The van der Waals surface area contributed by atoms with Crippen LogP contribution in [0.1, 0.15) is 5.56 Å². The van der Waals surface area contributed by atoms with E-state index in [0.717, 1.165) is 27.7 Å². The van der Waals surface area contributed by atoms with Crippen LogP contribution in [-0.2, 0) is 6.61 Å². The molecule has 0 amide bonds. The summed E-state index contributed by atoms with van der Waals surface area (Å²) in [6, 6.07) is 15.8. The van der Waals surface area contributed by atoms with Gasteiger partial charge in [0, 0.05) is 10.9 Å². The third-order valence-corrected chi connectivity index (χ3v) is 2.88. The molecule has 0 spiro atoms. The molecule has 0 aliphatic rings. The van der Waals surface area contributed by atoms with Gasteiger partial charge in [0.15, 0.2) is 0 Å². The standard InChI is InChI=1S/C14H12N2O/c17-9-10-5-7-11(8-6-10)14-12-3-1-2-4-13(12)15-16-14/h1-8,17H,9H2,(H,15,16). The van der Waals surface area contributed by atoms with Crippen molar-refractivity contribution in [1.29, 1.82) is 0 Å². The lowest BCUT2D eigenvalue weighted by molar-refractivity contribution is 0.282. The number of rotatable bonds is 2. The first-order valence-electron chi connectivity index (χ1n) is 5.52. The highest BCUT2D eigenvalue weighted by Crippen LogP contribution is 2.25. The zero-order valence-corrected chi connectivity index (χ0v) is 9.22. The van der Waals surface area contributed by atoms with E-state index in [9.17, 15) is 0 Å². The van der Waals surface area contributed by atoms with Crippen molar-refractivity contribution in [1.82, 2.24) is 10.2 Å². The van der Waals surface area contributed by atoms with E-state index in [-0.39, 0.29) is 6.61 Å². The number of H-pyrrole nitrogens is 1. The van der Waals surface area contributed by atoms with Gasteiger partial charge in [-0.05, 0) is 11.6 Å². The van der Waals surface area contributed by atoms with Crippen LogP contribution in [0.15, 0.2) is 48.5 Å². The van der Waals surface area contributed by atoms with Crippen LogP contribution in [0.2, 0.25) is 0 Å². The van der Waals surface area contributed by atoms with Gasteiger partial charge in [-0.25, -0.2) is 0 Å². The Hall–Kier alpha value is -2.13. The number of benzene rings is 2. The third kappa shape index (κ3) is 1.70. The number of nitrogens with zero attached hydrogens (tertiary/aromatic N) is 1. The van der Waals surface area contributed by atoms with Crippen LogP contribution in [0.25, 0.3) is 22.2 Å². The monoisotopic (exact) mass is 224 g/mol. The second-order valence-electron chi connectivity index (χ2n) is 3.97.